The van der Waals surface area contributed by atoms with Gasteiger partial charge in [-0.15, -0.1) is 0 Å². The monoisotopic (exact) mass is 452 g/mol. The summed E-state index contributed by atoms with van der Waals surface area (Å²) in [6.45, 7) is 3.43. The van der Waals surface area contributed by atoms with Crippen molar-refractivity contribution in [3.63, 3.8) is 0 Å². The Labute approximate surface area is 191 Å². The zero-order valence-corrected chi connectivity index (χ0v) is 18.7. The lowest BCUT2D eigenvalue weighted by Crippen LogP contribution is -2.71. The largest absolute Gasteiger partial charge is 0.382 e. The molecule has 0 radical (unpaired) electrons. The molecule has 33 heavy (non-hydrogen) atoms. The first-order chi connectivity index (χ1) is 15.8. The number of hydrogen-bond acceptors (Lipinski definition) is 5. The molecule has 1 N–H and O–H groups in total. The Kier molecular flexibility index (Phi) is 3.93. The quantitative estimate of drug-likeness (QED) is 0.770. The zero-order valence-electron chi connectivity index (χ0n) is 18.7. The van der Waals surface area contributed by atoms with Crippen LogP contribution in [0.15, 0.2) is 24.7 Å². The lowest BCUT2D eigenvalue weighted by Gasteiger charge is -2.63. The van der Waals surface area contributed by atoms with E-state index in [4.69, 9.17) is 0 Å². The van der Waals surface area contributed by atoms with Crippen molar-refractivity contribution in [2.75, 3.05) is 26.2 Å². The molecular formula is C24H29FN6O2. The molecular weight excluding hydrogens is 423 g/mol. The van der Waals surface area contributed by atoms with Gasteiger partial charge in [-0.3, -0.25) is 4.98 Å². The molecule has 3 aliphatic carbocycles. The predicted octanol–water partition coefficient (Wildman–Crippen LogP) is 2.51. The summed E-state index contributed by atoms with van der Waals surface area (Å²) >= 11 is 0. The van der Waals surface area contributed by atoms with Crippen molar-refractivity contribution >= 4 is 6.03 Å². The summed E-state index contributed by atoms with van der Waals surface area (Å²) in [5, 5.41) is 14.7. The van der Waals surface area contributed by atoms with Gasteiger partial charge in [0.1, 0.15) is 17.7 Å². The highest BCUT2D eigenvalue weighted by molar-refractivity contribution is 5.77. The second-order valence-electron chi connectivity index (χ2n) is 11.6. The van der Waals surface area contributed by atoms with Gasteiger partial charge in [0.15, 0.2) is 5.82 Å². The second-order valence-corrected chi connectivity index (χ2v) is 11.6. The standard InChI is InChI=1S/C24H29FN6O2/c25-17-1-2-18(26-10-17)5-16-6-22(7-16)11-29(12-22)21(32)30-13-23(14-30)8-19(9-23)31-15-27-20(28-31)24(33)3-4-24/h1-2,10,15-16,19,33H,3-9,11-14H2. The summed E-state index contributed by atoms with van der Waals surface area (Å²) < 4.78 is 14.9. The van der Waals surface area contributed by atoms with Gasteiger partial charge in [-0.2, -0.15) is 5.10 Å². The molecule has 2 amide bonds. The maximum atomic E-state index is 13.0. The first-order valence-corrected chi connectivity index (χ1v) is 12.1. The topological polar surface area (TPSA) is 87.4 Å². The number of urea groups is 1. The molecule has 3 saturated carbocycles. The molecule has 4 heterocycles. The molecule has 174 valence electrons. The van der Waals surface area contributed by atoms with E-state index in [2.05, 4.69) is 15.1 Å². The van der Waals surface area contributed by atoms with Crippen molar-refractivity contribution in [2.45, 2.75) is 56.6 Å². The summed E-state index contributed by atoms with van der Waals surface area (Å²) in [5.41, 5.74) is 0.730. The van der Waals surface area contributed by atoms with Crippen molar-refractivity contribution in [2.24, 2.45) is 16.7 Å². The Hall–Kier alpha value is -2.55. The van der Waals surface area contributed by atoms with Gasteiger partial charge in [-0.1, -0.05) is 0 Å². The maximum absolute atomic E-state index is 13.0. The molecule has 2 saturated heterocycles. The summed E-state index contributed by atoms with van der Waals surface area (Å²) in [5.74, 6) is 0.868. The molecule has 0 bridgehead atoms. The first-order valence-electron chi connectivity index (χ1n) is 12.1. The van der Waals surface area contributed by atoms with Gasteiger partial charge >= 0.3 is 6.03 Å². The Morgan fingerprint density at radius 2 is 1.70 bits per heavy atom. The lowest BCUT2D eigenvalue weighted by atomic mass is 9.56. The minimum Gasteiger partial charge on any atom is -0.382 e. The average Bonchev–Trinajstić information content (AvgIpc) is 3.23. The fourth-order valence-electron chi connectivity index (χ4n) is 6.78. The van der Waals surface area contributed by atoms with Crippen LogP contribution < -0.4 is 0 Å². The number of amides is 2. The highest BCUT2D eigenvalue weighted by atomic mass is 19.1. The third kappa shape index (κ3) is 3.19. The summed E-state index contributed by atoms with van der Waals surface area (Å²) in [6.07, 6.45) is 9.79. The Morgan fingerprint density at radius 3 is 2.30 bits per heavy atom. The van der Waals surface area contributed by atoms with E-state index in [1.165, 1.54) is 12.3 Å². The van der Waals surface area contributed by atoms with Crippen LogP contribution in [-0.4, -0.2) is 66.9 Å². The highest BCUT2D eigenvalue weighted by Gasteiger charge is 2.58. The van der Waals surface area contributed by atoms with E-state index in [0.29, 0.717) is 23.2 Å². The number of likely N-dealkylation sites (tertiary alicyclic amines) is 2. The molecule has 0 atom stereocenters. The van der Waals surface area contributed by atoms with Crippen molar-refractivity contribution in [3.05, 3.63) is 42.0 Å². The van der Waals surface area contributed by atoms with E-state index in [1.807, 2.05) is 14.5 Å². The van der Waals surface area contributed by atoms with E-state index in [9.17, 15) is 14.3 Å². The van der Waals surface area contributed by atoms with Crippen LogP contribution in [0.3, 0.4) is 0 Å². The van der Waals surface area contributed by atoms with Gasteiger partial charge in [0, 0.05) is 42.7 Å². The number of carbonyl (C=O) groups is 1. The molecule has 5 fully saturated rings. The molecule has 0 aromatic carbocycles. The molecule has 5 aliphatic rings. The van der Waals surface area contributed by atoms with E-state index in [1.54, 1.807) is 12.4 Å². The smallest absolute Gasteiger partial charge is 0.320 e. The molecule has 8 nitrogen and oxygen atoms in total. The van der Waals surface area contributed by atoms with Gasteiger partial charge in [0.2, 0.25) is 0 Å². The van der Waals surface area contributed by atoms with Crippen LogP contribution in [0.1, 0.15) is 56.1 Å². The van der Waals surface area contributed by atoms with Gasteiger partial charge in [-0.25, -0.2) is 18.9 Å². The Morgan fingerprint density at radius 1 is 1.03 bits per heavy atom. The second kappa shape index (κ2) is 6.52. The van der Waals surface area contributed by atoms with Gasteiger partial charge in [-0.05, 0) is 63.0 Å². The Balaban J connectivity index is 0.854. The van der Waals surface area contributed by atoms with E-state index in [0.717, 1.165) is 76.8 Å². The van der Waals surface area contributed by atoms with Crippen molar-refractivity contribution in [1.29, 1.82) is 0 Å². The minimum absolute atomic E-state index is 0.192. The third-order valence-corrected chi connectivity index (χ3v) is 8.74. The van der Waals surface area contributed by atoms with E-state index < -0.39 is 5.60 Å². The number of hydrogen-bond donors (Lipinski definition) is 1. The van der Waals surface area contributed by atoms with Crippen molar-refractivity contribution < 1.29 is 14.3 Å². The molecule has 7 rings (SSSR count). The predicted molar refractivity (Wildman–Crippen MR) is 115 cm³/mol. The van der Waals surface area contributed by atoms with Crippen LogP contribution in [0, 0.1) is 22.6 Å². The summed E-state index contributed by atoms with van der Waals surface area (Å²) in [6, 6.07) is 3.78. The molecule has 0 unspecified atom stereocenters. The number of pyridine rings is 1. The number of rotatable bonds is 4. The fourth-order valence-corrected chi connectivity index (χ4v) is 6.78. The highest BCUT2D eigenvalue weighted by Crippen LogP contribution is 2.56. The number of halogens is 1. The lowest BCUT2D eigenvalue weighted by molar-refractivity contribution is -0.107. The van der Waals surface area contributed by atoms with Crippen LogP contribution in [0.25, 0.3) is 0 Å². The van der Waals surface area contributed by atoms with Gasteiger partial charge in [0.25, 0.3) is 0 Å². The minimum atomic E-state index is -0.779. The van der Waals surface area contributed by atoms with E-state index in [-0.39, 0.29) is 17.3 Å². The van der Waals surface area contributed by atoms with Crippen LogP contribution in [0.2, 0.25) is 0 Å². The van der Waals surface area contributed by atoms with Crippen LogP contribution in [0.5, 0.6) is 0 Å². The third-order valence-electron chi connectivity index (χ3n) is 8.74. The number of aliphatic hydroxyl groups is 1. The fraction of sp³-hybridized carbons (Fsp3) is 0.667. The molecule has 9 heteroatoms. The SMILES string of the molecule is O=C(N1CC2(CC(Cc3ccc(F)cn3)C2)C1)N1CC2(CC(n3cnc(C4(O)CC4)n3)C2)C1. The molecule has 2 aromatic heterocycles. The molecule has 2 aromatic rings. The molecule has 2 spiro atoms. The van der Waals surface area contributed by atoms with Crippen molar-refractivity contribution in [1.82, 2.24) is 29.5 Å². The maximum Gasteiger partial charge on any atom is 0.320 e. The number of nitrogens with zero attached hydrogens (tertiary/aromatic N) is 6. The Bertz CT molecular complexity index is 1080. The van der Waals surface area contributed by atoms with Crippen LogP contribution in [0.4, 0.5) is 9.18 Å². The summed E-state index contributed by atoms with van der Waals surface area (Å²) in [7, 11) is 0. The van der Waals surface area contributed by atoms with Crippen LogP contribution >= 0.6 is 0 Å². The first kappa shape index (κ1) is 19.9. The molecule has 2 aliphatic heterocycles. The van der Waals surface area contributed by atoms with Crippen molar-refractivity contribution in [3.8, 4) is 0 Å². The number of carbonyl (C=O) groups excluding carboxylic acids is 1. The summed E-state index contributed by atoms with van der Waals surface area (Å²) in [4.78, 5) is 25.4. The zero-order chi connectivity index (χ0) is 22.4. The average molecular weight is 453 g/mol. The number of aromatic nitrogens is 4. The van der Waals surface area contributed by atoms with E-state index >= 15 is 0 Å². The normalized spacial score (nSPS) is 26.5. The van der Waals surface area contributed by atoms with Gasteiger partial charge in [0.05, 0.1) is 12.2 Å². The van der Waals surface area contributed by atoms with Crippen LogP contribution in [-0.2, 0) is 12.0 Å². The van der Waals surface area contributed by atoms with Gasteiger partial charge < -0.3 is 14.9 Å².